The van der Waals surface area contributed by atoms with Crippen LogP contribution in [0.25, 0.3) is 11.0 Å². The van der Waals surface area contributed by atoms with Crippen molar-refractivity contribution in [1.29, 1.82) is 0 Å². The zero-order chi connectivity index (χ0) is 11.7. The van der Waals surface area contributed by atoms with Crippen LogP contribution in [-0.4, -0.2) is 9.55 Å². The maximum Gasteiger partial charge on any atom is 0.204 e. The van der Waals surface area contributed by atoms with E-state index in [0.717, 1.165) is 23.9 Å². The predicted molar refractivity (Wildman–Crippen MR) is 69.1 cm³/mol. The molecule has 16 heavy (non-hydrogen) atoms. The van der Waals surface area contributed by atoms with E-state index in [1.807, 2.05) is 0 Å². The lowest BCUT2D eigenvalue weighted by Crippen LogP contribution is -2.00. The van der Waals surface area contributed by atoms with Gasteiger partial charge in [-0.2, -0.15) is 0 Å². The molecule has 1 heterocycles. The summed E-state index contributed by atoms with van der Waals surface area (Å²) in [7, 11) is 0. The molecule has 0 radical (unpaired) electrons. The molecule has 0 aliphatic rings. The molecule has 0 aliphatic carbocycles. The van der Waals surface area contributed by atoms with E-state index in [1.165, 1.54) is 5.56 Å². The topological polar surface area (TPSA) is 17.8 Å². The van der Waals surface area contributed by atoms with Crippen LogP contribution in [0.3, 0.4) is 0 Å². The Morgan fingerprint density at radius 3 is 2.75 bits per heavy atom. The van der Waals surface area contributed by atoms with Gasteiger partial charge in [-0.15, -0.1) is 0 Å². The summed E-state index contributed by atoms with van der Waals surface area (Å²) >= 11 is 6.19. The first-order valence-corrected chi connectivity index (χ1v) is 6.18. The fourth-order valence-electron chi connectivity index (χ4n) is 2.11. The molecule has 0 saturated carbocycles. The molecule has 0 spiro atoms. The largest absolute Gasteiger partial charge is 0.312 e. The molecule has 0 N–H and O–H groups in total. The lowest BCUT2D eigenvalue weighted by atomic mass is 10.1. The first-order valence-electron chi connectivity index (χ1n) is 5.80. The Bertz CT molecular complexity index is 500. The molecule has 0 unspecified atom stereocenters. The van der Waals surface area contributed by atoms with Gasteiger partial charge in [-0.05, 0) is 43.5 Å². The van der Waals surface area contributed by atoms with Crippen LogP contribution in [0.4, 0.5) is 0 Å². The molecule has 1 aromatic heterocycles. The number of aromatic nitrogens is 2. The van der Waals surface area contributed by atoms with Crippen molar-refractivity contribution in [2.45, 2.75) is 39.7 Å². The van der Waals surface area contributed by atoms with Crippen LogP contribution in [0.2, 0.25) is 5.28 Å². The third kappa shape index (κ3) is 1.82. The molecule has 0 aliphatic heterocycles. The van der Waals surface area contributed by atoms with Crippen LogP contribution in [-0.2, 0) is 6.42 Å². The highest BCUT2D eigenvalue weighted by atomic mass is 35.5. The van der Waals surface area contributed by atoms with Gasteiger partial charge in [0.15, 0.2) is 0 Å². The second-order valence-corrected chi connectivity index (χ2v) is 4.72. The van der Waals surface area contributed by atoms with E-state index in [1.54, 1.807) is 0 Å². The molecule has 0 saturated heterocycles. The molecule has 0 bridgehead atoms. The van der Waals surface area contributed by atoms with Gasteiger partial charge >= 0.3 is 0 Å². The SMILES string of the molecule is CCCc1cccc2c1nc(Cl)n2C(C)C. The van der Waals surface area contributed by atoms with E-state index in [-0.39, 0.29) is 0 Å². The van der Waals surface area contributed by atoms with E-state index >= 15 is 0 Å². The number of nitrogens with zero attached hydrogens (tertiary/aromatic N) is 2. The Hall–Kier alpha value is -1.02. The monoisotopic (exact) mass is 236 g/mol. The summed E-state index contributed by atoms with van der Waals surface area (Å²) in [5.74, 6) is 0. The molecule has 2 rings (SSSR count). The van der Waals surface area contributed by atoms with Crippen LogP contribution in [0.5, 0.6) is 0 Å². The van der Waals surface area contributed by atoms with Crippen LogP contribution in [0, 0.1) is 0 Å². The second kappa shape index (κ2) is 4.46. The maximum absolute atomic E-state index is 6.19. The third-order valence-corrected chi connectivity index (χ3v) is 3.06. The molecule has 2 aromatic rings. The van der Waals surface area contributed by atoms with Crippen molar-refractivity contribution in [2.75, 3.05) is 0 Å². The van der Waals surface area contributed by atoms with Gasteiger partial charge in [0, 0.05) is 6.04 Å². The van der Waals surface area contributed by atoms with Crippen molar-refractivity contribution in [3.8, 4) is 0 Å². The van der Waals surface area contributed by atoms with Crippen LogP contribution < -0.4 is 0 Å². The Morgan fingerprint density at radius 1 is 1.38 bits per heavy atom. The van der Waals surface area contributed by atoms with Crippen molar-refractivity contribution < 1.29 is 0 Å². The molecular weight excluding hydrogens is 220 g/mol. The van der Waals surface area contributed by atoms with Gasteiger partial charge < -0.3 is 4.57 Å². The van der Waals surface area contributed by atoms with Crippen molar-refractivity contribution in [1.82, 2.24) is 9.55 Å². The van der Waals surface area contributed by atoms with Gasteiger partial charge in [-0.1, -0.05) is 25.5 Å². The van der Waals surface area contributed by atoms with Gasteiger partial charge in [-0.25, -0.2) is 4.98 Å². The summed E-state index contributed by atoms with van der Waals surface area (Å²) < 4.78 is 2.08. The molecule has 0 atom stereocenters. The standard InChI is InChI=1S/C13H17ClN2/c1-4-6-10-7-5-8-11-12(10)15-13(14)16(11)9(2)3/h5,7-9H,4,6H2,1-3H3. The number of imidazole rings is 1. The highest BCUT2D eigenvalue weighted by Gasteiger charge is 2.13. The zero-order valence-corrected chi connectivity index (χ0v) is 10.8. The first kappa shape index (κ1) is 11.5. The summed E-state index contributed by atoms with van der Waals surface area (Å²) in [5, 5.41) is 0.591. The molecular formula is C13H17ClN2. The Labute approximate surface area is 101 Å². The van der Waals surface area contributed by atoms with E-state index < -0.39 is 0 Å². The summed E-state index contributed by atoms with van der Waals surface area (Å²) in [5.41, 5.74) is 3.50. The van der Waals surface area contributed by atoms with E-state index in [2.05, 4.69) is 48.5 Å². The molecule has 1 aromatic carbocycles. The first-order chi connectivity index (χ1) is 7.65. The minimum Gasteiger partial charge on any atom is -0.312 e. The Balaban J connectivity index is 2.67. The molecule has 0 amide bonds. The predicted octanol–water partition coefficient (Wildman–Crippen LogP) is 4.22. The van der Waals surface area contributed by atoms with Gasteiger partial charge in [0.2, 0.25) is 5.28 Å². The fourth-order valence-corrected chi connectivity index (χ4v) is 2.48. The number of para-hydroxylation sites is 1. The van der Waals surface area contributed by atoms with Crippen molar-refractivity contribution >= 4 is 22.6 Å². The van der Waals surface area contributed by atoms with Crippen molar-refractivity contribution in [3.05, 3.63) is 29.0 Å². The number of benzene rings is 1. The van der Waals surface area contributed by atoms with E-state index in [9.17, 15) is 0 Å². The van der Waals surface area contributed by atoms with Crippen molar-refractivity contribution in [2.24, 2.45) is 0 Å². The minimum absolute atomic E-state index is 0.342. The Kier molecular flexibility index (Phi) is 3.20. The van der Waals surface area contributed by atoms with Gasteiger partial charge in [0.1, 0.15) is 0 Å². The minimum atomic E-state index is 0.342. The summed E-state index contributed by atoms with van der Waals surface area (Å²) in [6, 6.07) is 6.66. The number of rotatable bonds is 3. The third-order valence-electron chi connectivity index (χ3n) is 2.80. The average molecular weight is 237 g/mol. The lowest BCUT2D eigenvalue weighted by Gasteiger charge is -2.09. The zero-order valence-electron chi connectivity index (χ0n) is 10.00. The normalized spacial score (nSPS) is 11.6. The number of aryl methyl sites for hydroxylation is 1. The number of fused-ring (bicyclic) bond motifs is 1. The average Bonchev–Trinajstić information content (AvgIpc) is 2.55. The van der Waals surface area contributed by atoms with Crippen LogP contribution >= 0.6 is 11.6 Å². The summed E-state index contributed by atoms with van der Waals surface area (Å²) in [6.07, 6.45) is 2.19. The lowest BCUT2D eigenvalue weighted by molar-refractivity contribution is 0.618. The molecule has 3 heteroatoms. The maximum atomic E-state index is 6.19. The van der Waals surface area contributed by atoms with Crippen LogP contribution in [0.15, 0.2) is 18.2 Å². The van der Waals surface area contributed by atoms with Gasteiger partial charge in [0.25, 0.3) is 0 Å². The van der Waals surface area contributed by atoms with Crippen LogP contribution in [0.1, 0.15) is 38.8 Å². The highest BCUT2D eigenvalue weighted by Crippen LogP contribution is 2.26. The quantitative estimate of drug-likeness (QED) is 0.780. The van der Waals surface area contributed by atoms with Crippen molar-refractivity contribution in [3.63, 3.8) is 0 Å². The van der Waals surface area contributed by atoms with Gasteiger partial charge in [-0.3, -0.25) is 0 Å². The fraction of sp³-hybridized carbons (Fsp3) is 0.462. The molecule has 86 valence electrons. The number of hydrogen-bond donors (Lipinski definition) is 0. The Morgan fingerprint density at radius 2 is 2.12 bits per heavy atom. The smallest absolute Gasteiger partial charge is 0.204 e. The number of hydrogen-bond acceptors (Lipinski definition) is 1. The summed E-state index contributed by atoms with van der Waals surface area (Å²) in [4.78, 5) is 4.48. The molecule has 2 nitrogen and oxygen atoms in total. The van der Waals surface area contributed by atoms with E-state index in [0.29, 0.717) is 11.3 Å². The van der Waals surface area contributed by atoms with Gasteiger partial charge in [0.05, 0.1) is 11.0 Å². The molecule has 0 fully saturated rings. The second-order valence-electron chi connectivity index (χ2n) is 4.38. The van der Waals surface area contributed by atoms with E-state index in [4.69, 9.17) is 11.6 Å². The summed E-state index contributed by atoms with van der Waals surface area (Å²) in [6.45, 7) is 6.43. The highest BCUT2D eigenvalue weighted by molar-refractivity contribution is 6.29. The number of halogens is 1.